The normalized spacial score (nSPS) is 11.2. The third-order valence-corrected chi connectivity index (χ3v) is 4.37. The van der Waals surface area contributed by atoms with Gasteiger partial charge in [0, 0.05) is 23.0 Å². The number of benzene rings is 1. The summed E-state index contributed by atoms with van der Waals surface area (Å²) in [5.41, 5.74) is 3.85. The summed E-state index contributed by atoms with van der Waals surface area (Å²) in [6.45, 7) is 4.15. The average Bonchev–Trinajstić information content (AvgIpc) is 2.96. The maximum absolute atomic E-state index is 9.24. The predicted molar refractivity (Wildman–Crippen MR) is 93.7 cm³/mol. The van der Waals surface area contributed by atoms with Crippen molar-refractivity contribution in [1.82, 2.24) is 4.98 Å². The first-order chi connectivity index (χ1) is 10.7. The van der Waals surface area contributed by atoms with Crippen molar-refractivity contribution in [2.75, 3.05) is 5.32 Å². The minimum absolute atomic E-state index is 0.560. The summed E-state index contributed by atoms with van der Waals surface area (Å²) >= 11 is 1.49. The standard InChI is InChI=1S/C18H21N3S/c1-3-4-5-6-15-7-9-17(10-8-15)20-12-16(11-19)18-21-14(2)13-22-18/h7-10,12-13,20H,3-6H2,1-2H3/b16-12+. The second kappa shape index (κ2) is 8.35. The number of aryl methyl sites for hydroxylation is 2. The molecule has 3 nitrogen and oxygen atoms in total. The van der Waals surface area contributed by atoms with E-state index in [0.717, 1.165) is 22.8 Å². The number of allylic oxidation sites excluding steroid dienone is 1. The Morgan fingerprint density at radius 1 is 1.32 bits per heavy atom. The molecule has 0 bridgehead atoms. The van der Waals surface area contributed by atoms with Crippen LogP contribution in [0, 0.1) is 18.3 Å². The van der Waals surface area contributed by atoms with E-state index >= 15 is 0 Å². The Hall–Kier alpha value is -2.12. The van der Waals surface area contributed by atoms with Gasteiger partial charge in [-0.2, -0.15) is 5.26 Å². The first kappa shape index (κ1) is 16.3. The molecule has 0 fully saturated rings. The van der Waals surface area contributed by atoms with Gasteiger partial charge in [0.15, 0.2) is 0 Å². The van der Waals surface area contributed by atoms with Crippen molar-refractivity contribution >= 4 is 22.6 Å². The van der Waals surface area contributed by atoms with Crippen LogP contribution in [-0.2, 0) is 6.42 Å². The Kier molecular flexibility index (Phi) is 6.17. The number of nitrogens with zero attached hydrogens (tertiary/aromatic N) is 2. The van der Waals surface area contributed by atoms with Crippen molar-refractivity contribution in [3.8, 4) is 6.07 Å². The topological polar surface area (TPSA) is 48.7 Å². The van der Waals surface area contributed by atoms with Crippen molar-refractivity contribution < 1.29 is 0 Å². The quantitative estimate of drug-likeness (QED) is 0.567. The lowest BCUT2D eigenvalue weighted by Crippen LogP contribution is -1.92. The van der Waals surface area contributed by atoms with E-state index in [0.29, 0.717) is 5.57 Å². The molecule has 0 aliphatic heterocycles. The van der Waals surface area contributed by atoms with Crippen LogP contribution in [0.5, 0.6) is 0 Å². The molecule has 2 aromatic rings. The Bertz CT molecular complexity index is 662. The molecule has 0 radical (unpaired) electrons. The summed E-state index contributed by atoms with van der Waals surface area (Å²) in [5, 5.41) is 15.1. The Balaban J connectivity index is 1.98. The zero-order valence-electron chi connectivity index (χ0n) is 13.1. The van der Waals surface area contributed by atoms with E-state index in [9.17, 15) is 5.26 Å². The fraction of sp³-hybridized carbons (Fsp3) is 0.333. The molecule has 0 saturated heterocycles. The van der Waals surface area contributed by atoms with Crippen LogP contribution in [0.1, 0.15) is 42.5 Å². The van der Waals surface area contributed by atoms with Gasteiger partial charge in [-0.15, -0.1) is 11.3 Å². The number of nitriles is 1. The molecule has 0 aliphatic rings. The summed E-state index contributed by atoms with van der Waals surface area (Å²) in [6.07, 6.45) is 6.63. The number of anilines is 1. The second-order valence-electron chi connectivity index (χ2n) is 5.26. The highest BCUT2D eigenvalue weighted by atomic mass is 32.1. The van der Waals surface area contributed by atoms with Gasteiger partial charge in [-0.3, -0.25) is 0 Å². The first-order valence-electron chi connectivity index (χ1n) is 7.61. The van der Waals surface area contributed by atoms with Crippen molar-refractivity contribution in [2.45, 2.75) is 39.5 Å². The lowest BCUT2D eigenvalue weighted by atomic mass is 10.1. The molecule has 1 aromatic carbocycles. The SMILES string of the molecule is CCCCCc1ccc(N/C=C(\C#N)c2nc(C)cs2)cc1. The highest BCUT2D eigenvalue weighted by Gasteiger charge is 2.05. The van der Waals surface area contributed by atoms with Gasteiger partial charge in [-0.05, 0) is 37.5 Å². The zero-order valence-corrected chi connectivity index (χ0v) is 13.9. The number of thiazole rings is 1. The van der Waals surface area contributed by atoms with Crippen LogP contribution in [0.4, 0.5) is 5.69 Å². The molecule has 4 heteroatoms. The monoisotopic (exact) mass is 311 g/mol. The molecule has 0 saturated carbocycles. The summed E-state index contributed by atoms with van der Waals surface area (Å²) in [7, 11) is 0. The van der Waals surface area contributed by atoms with Crippen molar-refractivity contribution in [1.29, 1.82) is 5.26 Å². The van der Waals surface area contributed by atoms with E-state index in [1.54, 1.807) is 6.20 Å². The van der Waals surface area contributed by atoms with E-state index in [1.165, 1.54) is 36.2 Å². The highest BCUT2D eigenvalue weighted by Crippen LogP contribution is 2.19. The van der Waals surface area contributed by atoms with Crippen LogP contribution in [0.2, 0.25) is 0 Å². The molecule has 0 amide bonds. The summed E-state index contributed by atoms with van der Waals surface area (Å²) < 4.78 is 0. The molecular formula is C18H21N3S. The number of hydrogen-bond acceptors (Lipinski definition) is 4. The van der Waals surface area contributed by atoms with Gasteiger partial charge >= 0.3 is 0 Å². The molecule has 22 heavy (non-hydrogen) atoms. The van der Waals surface area contributed by atoms with Crippen molar-refractivity contribution in [3.05, 3.63) is 52.1 Å². The second-order valence-corrected chi connectivity index (χ2v) is 6.12. The largest absolute Gasteiger partial charge is 0.360 e. The Labute approximate surface area is 136 Å². The number of unbranched alkanes of at least 4 members (excludes halogenated alkanes) is 2. The van der Waals surface area contributed by atoms with E-state index in [2.05, 4.69) is 47.6 Å². The van der Waals surface area contributed by atoms with Gasteiger partial charge in [-0.1, -0.05) is 31.9 Å². The number of rotatable bonds is 7. The molecule has 114 valence electrons. The highest BCUT2D eigenvalue weighted by molar-refractivity contribution is 7.10. The third-order valence-electron chi connectivity index (χ3n) is 3.38. The molecule has 2 rings (SSSR count). The van der Waals surface area contributed by atoms with Gasteiger partial charge in [0.2, 0.25) is 0 Å². The van der Waals surface area contributed by atoms with Crippen LogP contribution in [0.3, 0.4) is 0 Å². The minimum atomic E-state index is 0.560. The predicted octanol–water partition coefficient (Wildman–Crippen LogP) is 5.16. The maximum Gasteiger partial charge on any atom is 0.135 e. The van der Waals surface area contributed by atoms with Crippen molar-refractivity contribution in [3.63, 3.8) is 0 Å². The fourth-order valence-electron chi connectivity index (χ4n) is 2.12. The van der Waals surface area contributed by atoms with E-state index < -0.39 is 0 Å². The number of aromatic nitrogens is 1. The van der Waals surface area contributed by atoms with Crippen LogP contribution in [0.25, 0.3) is 5.57 Å². The van der Waals surface area contributed by atoms with Crippen LogP contribution < -0.4 is 5.32 Å². The summed E-state index contributed by atoms with van der Waals surface area (Å²) in [6, 6.07) is 10.6. The molecular weight excluding hydrogens is 290 g/mol. The van der Waals surface area contributed by atoms with E-state index in [-0.39, 0.29) is 0 Å². The van der Waals surface area contributed by atoms with Gasteiger partial charge in [0.1, 0.15) is 16.6 Å². The summed E-state index contributed by atoms with van der Waals surface area (Å²) in [5.74, 6) is 0. The van der Waals surface area contributed by atoms with E-state index in [1.807, 2.05) is 12.3 Å². The molecule has 0 unspecified atom stereocenters. The Morgan fingerprint density at radius 2 is 2.09 bits per heavy atom. The zero-order chi connectivity index (χ0) is 15.8. The van der Waals surface area contributed by atoms with Gasteiger partial charge < -0.3 is 5.32 Å². The minimum Gasteiger partial charge on any atom is -0.360 e. The van der Waals surface area contributed by atoms with Gasteiger partial charge in [-0.25, -0.2) is 4.98 Å². The summed E-state index contributed by atoms with van der Waals surface area (Å²) in [4.78, 5) is 4.34. The average molecular weight is 311 g/mol. The fourth-order valence-corrected chi connectivity index (χ4v) is 2.88. The van der Waals surface area contributed by atoms with Crippen molar-refractivity contribution in [2.24, 2.45) is 0 Å². The lowest BCUT2D eigenvalue weighted by Gasteiger charge is -2.04. The van der Waals surface area contributed by atoms with Gasteiger partial charge in [0.25, 0.3) is 0 Å². The smallest absolute Gasteiger partial charge is 0.135 e. The molecule has 1 heterocycles. The molecule has 0 aliphatic carbocycles. The van der Waals surface area contributed by atoms with Crippen LogP contribution >= 0.6 is 11.3 Å². The molecule has 1 aromatic heterocycles. The third kappa shape index (κ3) is 4.71. The number of nitrogens with one attached hydrogen (secondary N) is 1. The lowest BCUT2D eigenvalue weighted by molar-refractivity contribution is 0.717. The van der Waals surface area contributed by atoms with E-state index in [4.69, 9.17) is 0 Å². The molecule has 1 N–H and O–H groups in total. The van der Waals surface area contributed by atoms with Crippen LogP contribution in [0.15, 0.2) is 35.8 Å². The maximum atomic E-state index is 9.24. The Morgan fingerprint density at radius 3 is 2.68 bits per heavy atom. The number of hydrogen-bond donors (Lipinski definition) is 1. The van der Waals surface area contributed by atoms with Gasteiger partial charge in [0.05, 0.1) is 0 Å². The first-order valence-corrected chi connectivity index (χ1v) is 8.49. The molecule has 0 atom stereocenters. The van der Waals surface area contributed by atoms with Crippen LogP contribution in [-0.4, -0.2) is 4.98 Å². The molecule has 0 spiro atoms.